The quantitative estimate of drug-likeness (QED) is 0.747. The van der Waals surface area contributed by atoms with E-state index in [1.807, 2.05) is 24.3 Å². The Kier molecular flexibility index (Phi) is 4.55. The zero-order valence-corrected chi connectivity index (χ0v) is 13.6. The van der Waals surface area contributed by atoms with Crippen molar-refractivity contribution in [1.82, 2.24) is 5.32 Å². The number of rotatable bonds is 3. The van der Waals surface area contributed by atoms with Crippen molar-refractivity contribution in [3.05, 3.63) is 64.7 Å². The highest BCUT2D eigenvalue weighted by molar-refractivity contribution is 6.39. The van der Waals surface area contributed by atoms with Gasteiger partial charge in [0.25, 0.3) is 0 Å². The van der Waals surface area contributed by atoms with Gasteiger partial charge in [-0.25, -0.2) is 0 Å². The summed E-state index contributed by atoms with van der Waals surface area (Å²) in [6.07, 6.45) is 1.26. The smallest absolute Gasteiger partial charge is 0.313 e. The molecule has 0 aromatic heterocycles. The molecule has 0 saturated heterocycles. The first-order valence-electron chi connectivity index (χ1n) is 7.63. The zero-order chi connectivity index (χ0) is 17.2. The van der Waals surface area contributed by atoms with E-state index in [9.17, 15) is 14.7 Å². The fourth-order valence-electron chi connectivity index (χ4n) is 2.91. The molecule has 0 saturated carbocycles. The third kappa shape index (κ3) is 3.42. The Morgan fingerprint density at radius 1 is 1.12 bits per heavy atom. The van der Waals surface area contributed by atoms with Gasteiger partial charge < -0.3 is 15.7 Å². The number of halogens is 1. The SMILES string of the molecule is O=C(NCC1(O)CCc2ccccc21)C(=O)Nc1cccc(Cl)c1. The number of aliphatic hydroxyl groups is 1. The van der Waals surface area contributed by atoms with E-state index < -0.39 is 17.4 Å². The highest BCUT2D eigenvalue weighted by Crippen LogP contribution is 2.36. The van der Waals surface area contributed by atoms with Crippen LogP contribution in [0.25, 0.3) is 0 Å². The second-order valence-electron chi connectivity index (χ2n) is 5.84. The summed E-state index contributed by atoms with van der Waals surface area (Å²) >= 11 is 5.84. The van der Waals surface area contributed by atoms with Crippen molar-refractivity contribution in [1.29, 1.82) is 0 Å². The second-order valence-corrected chi connectivity index (χ2v) is 6.27. The van der Waals surface area contributed by atoms with E-state index in [1.165, 1.54) is 0 Å². The summed E-state index contributed by atoms with van der Waals surface area (Å²) in [7, 11) is 0. The Hall–Kier alpha value is -2.37. The van der Waals surface area contributed by atoms with Crippen LogP contribution in [0.15, 0.2) is 48.5 Å². The van der Waals surface area contributed by atoms with Gasteiger partial charge in [-0.3, -0.25) is 9.59 Å². The van der Waals surface area contributed by atoms with Gasteiger partial charge in [0.1, 0.15) is 5.60 Å². The van der Waals surface area contributed by atoms with Gasteiger partial charge in [0.2, 0.25) is 0 Å². The molecule has 0 aliphatic heterocycles. The Morgan fingerprint density at radius 3 is 2.71 bits per heavy atom. The average Bonchev–Trinajstić information content (AvgIpc) is 2.91. The van der Waals surface area contributed by atoms with Crippen molar-refractivity contribution in [3.8, 4) is 0 Å². The molecule has 0 spiro atoms. The number of nitrogens with one attached hydrogen (secondary N) is 2. The molecule has 0 bridgehead atoms. The molecule has 6 heteroatoms. The summed E-state index contributed by atoms with van der Waals surface area (Å²) in [6, 6.07) is 14.1. The van der Waals surface area contributed by atoms with Gasteiger partial charge in [-0.2, -0.15) is 0 Å². The molecule has 2 aromatic rings. The first-order valence-corrected chi connectivity index (χ1v) is 8.01. The van der Waals surface area contributed by atoms with Crippen LogP contribution >= 0.6 is 11.6 Å². The third-order valence-electron chi connectivity index (χ3n) is 4.16. The van der Waals surface area contributed by atoms with E-state index in [4.69, 9.17) is 11.6 Å². The molecule has 0 radical (unpaired) electrons. The number of carbonyl (C=O) groups is 2. The predicted octanol–water partition coefficient (Wildman–Crippen LogP) is 2.23. The van der Waals surface area contributed by atoms with E-state index in [0.29, 0.717) is 17.1 Å². The maximum absolute atomic E-state index is 12.0. The van der Waals surface area contributed by atoms with Gasteiger partial charge in [-0.05, 0) is 42.2 Å². The minimum atomic E-state index is -1.14. The molecule has 124 valence electrons. The van der Waals surface area contributed by atoms with Crippen LogP contribution in [0, 0.1) is 0 Å². The largest absolute Gasteiger partial charge is 0.383 e. The number of hydrogen-bond donors (Lipinski definition) is 3. The van der Waals surface area contributed by atoms with Gasteiger partial charge in [0.05, 0.1) is 6.54 Å². The van der Waals surface area contributed by atoms with Crippen molar-refractivity contribution >= 4 is 29.1 Å². The van der Waals surface area contributed by atoms with Gasteiger partial charge >= 0.3 is 11.8 Å². The summed E-state index contributed by atoms with van der Waals surface area (Å²) in [5.74, 6) is -1.60. The average molecular weight is 345 g/mol. The van der Waals surface area contributed by atoms with Gasteiger partial charge in [0.15, 0.2) is 0 Å². The van der Waals surface area contributed by atoms with Crippen LogP contribution < -0.4 is 10.6 Å². The van der Waals surface area contributed by atoms with Gasteiger partial charge in [0, 0.05) is 10.7 Å². The lowest BCUT2D eigenvalue weighted by atomic mass is 9.96. The normalized spacial score (nSPS) is 18.8. The topological polar surface area (TPSA) is 78.4 Å². The minimum Gasteiger partial charge on any atom is -0.383 e. The molecule has 3 N–H and O–H groups in total. The molecular formula is C18H17ClN2O3. The van der Waals surface area contributed by atoms with Crippen LogP contribution in [-0.2, 0) is 21.6 Å². The van der Waals surface area contributed by atoms with Crippen LogP contribution in [0.2, 0.25) is 5.02 Å². The standard InChI is InChI=1S/C18H17ClN2O3/c19-13-5-3-6-14(10-13)21-17(23)16(22)20-11-18(24)9-8-12-4-1-2-7-15(12)18/h1-7,10,24H,8-9,11H2,(H,20,22)(H,21,23). The molecule has 2 amide bonds. The Morgan fingerprint density at radius 2 is 1.92 bits per heavy atom. The highest BCUT2D eigenvalue weighted by Gasteiger charge is 2.37. The lowest BCUT2D eigenvalue weighted by molar-refractivity contribution is -0.136. The summed E-state index contributed by atoms with van der Waals surface area (Å²) in [6.45, 7) is -0.00812. The fourth-order valence-corrected chi connectivity index (χ4v) is 3.10. The first-order chi connectivity index (χ1) is 11.5. The van der Waals surface area contributed by atoms with Crippen molar-refractivity contribution in [2.45, 2.75) is 18.4 Å². The predicted molar refractivity (Wildman–Crippen MR) is 91.8 cm³/mol. The third-order valence-corrected chi connectivity index (χ3v) is 4.39. The van der Waals surface area contributed by atoms with Crippen molar-refractivity contribution < 1.29 is 14.7 Å². The molecule has 0 heterocycles. The van der Waals surface area contributed by atoms with Crippen LogP contribution in [0.5, 0.6) is 0 Å². The molecule has 1 aliphatic rings. The fraction of sp³-hybridized carbons (Fsp3) is 0.222. The molecule has 3 rings (SSSR count). The monoisotopic (exact) mass is 344 g/mol. The molecular weight excluding hydrogens is 328 g/mol. The van der Waals surface area contributed by atoms with Crippen molar-refractivity contribution in [2.75, 3.05) is 11.9 Å². The van der Waals surface area contributed by atoms with Crippen molar-refractivity contribution in [3.63, 3.8) is 0 Å². The Labute approximate surface area is 144 Å². The lowest BCUT2D eigenvalue weighted by Crippen LogP contribution is -2.43. The maximum atomic E-state index is 12.0. The van der Waals surface area contributed by atoms with Crippen LogP contribution in [0.3, 0.4) is 0 Å². The number of amides is 2. The molecule has 1 unspecified atom stereocenters. The summed E-state index contributed by atoms with van der Waals surface area (Å²) in [5.41, 5.74) is 1.17. The molecule has 0 fully saturated rings. The van der Waals surface area contributed by atoms with Crippen LogP contribution in [-0.4, -0.2) is 23.5 Å². The minimum absolute atomic E-state index is 0.00812. The van der Waals surface area contributed by atoms with E-state index in [-0.39, 0.29) is 6.54 Å². The van der Waals surface area contributed by atoms with Crippen LogP contribution in [0.1, 0.15) is 17.5 Å². The summed E-state index contributed by atoms with van der Waals surface area (Å²) < 4.78 is 0. The number of benzene rings is 2. The highest BCUT2D eigenvalue weighted by atomic mass is 35.5. The lowest BCUT2D eigenvalue weighted by Gasteiger charge is -2.24. The number of fused-ring (bicyclic) bond motifs is 1. The van der Waals surface area contributed by atoms with Crippen molar-refractivity contribution in [2.24, 2.45) is 0 Å². The Bertz CT molecular complexity index is 793. The van der Waals surface area contributed by atoms with E-state index in [0.717, 1.165) is 17.5 Å². The maximum Gasteiger partial charge on any atom is 0.313 e. The number of aryl methyl sites for hydroxylation is 1. The first kappa shape index (κ1) is 16.5. The number of carbonyl (C=O) groups excluding carboxylic acids is 2. The number of hydrogen-bond acceptors (Lipinski definition) is 3. The summed E-state index contributed by atoms with van der Waals surface area (Å²) in [4.78, 5) is 23.9. The molecule has 24 heavy (non-hydrogen) atoms. The van der Waals surface area contributed by atoms with Crippen LogP contribution in [0.4, 0.5) is 5.69 Å². The molecule has 5 nitrogen and oxygen atoms in total. The number of anilines is 1. The molecule has 1 aliphatic carbocycles. The zero-order valence-electron chi connectivity index (χ0n) is 12.9. The summed E-state index contributed by atoms with van der Waals surface area (Å²) in [5, 5.41) is 16.2. The van der Waals surface area contributed by atoms with E-state index in [1.54, 1.807) is 24.3 Å². The molecule has 2 aromatic carbocycles. The second kappa shape index (κ2) is 6.63. The molecule has 1 atom stereocenters. The van der Waals surface area contributed by atoms with Gasteiger partial charge in [-0.15, -0.1) is 0 Å². The van der Waals surface area contributed by atoms with E-state index in [2.05, 4.69) is 10.6 Å². The van der Waals surface area contributed by atoms with E-state index >= 15 is 0 Å². The van der Waals surface area contributed by atoms with Gasteiger partial charge in [-0.1, -0.05) is 41.9 Å². The Balaban J connectivity index is 1.60.